The fourth-order valence-corrected chi connectivity index (χ4v) is 3.03. The van der Waals surface area contributed by atoms with Crippen molar-refractivity contribution in [2.24, 2.45) is 14.1 Å². The summed E-state index contributed by atoms with van der Waals surface area (Å²) in [6.45, 7) is 3.81. The van der Waals surface area contributed by atoms with Crippen LogP contribution in [0.15, 0.2) is 22.0 Å². The lowest BCUT2D eigenvalue weighted by atomic mass is 10.3. The second-order valence-corrected chi connectivity index (χ2v) is 7.23. The topological polar surface area (TPSA) is 149 Å². The van der Waals surface area contributed by atoms with E-state index in [9.17, 15) is 19.5 Å². The molecule has 3 N–H and O–H groups in total. The van der Waals surface area contributed by atoms with Crippen LogP contribution in [0.3, 0.4) is 0 Å². The molecule has 2 atom stereocenters. The lowest BCUT2D eigenvalue weighted by Gasteiger charge is -2.21. The number of esters is 1. The van der Waals surface area contributed by atoms with Gasteiger partial charge in [0.2, 0.25) is 0 Å². The van der Waals surface area contributed by atoms with Crippen molar-refractivity contribution in [1.82, 2.24) is 34.2 Å². The molecule has 0 radical (unpaired) electrons. The summed E-state index contributed by atoms with van der Waals surface area (Å²) in [5.41, 5.74) is 0.361. The number of rotatable bonds is 8. The Morgan fingerprint density at radius 2 is 2.07 bits per heavy atom. The molecule has 0 spiro atoms. The van der Waals surface area contributed by atoms with E-state index in [4.69, 9.17) is 4.74 Å². The molecule has 3 aromatic heterocycles. The summed E-state index contributed by atoms with van der Waals surface area (Å²) in [5.74, 6) is -0.618. The average molecular weight is 419 g/mol. The van der Waals surface area contributed by atoms with Crippen LogP contribution in [-0.4, -0.2) is 65.3 Å². The molecule has 2 unspecified atom stereocenters. The van der Waals surface area contributed by atoms with Gasteiger partial charge in [-0.25, -0.2) is 14.6 Å². The van der Waals surface area contributed by atoms with Crippen LogP contribution >= 0.6 is 0 Å². The lowest BCUT2D eigenvalue weighted by Crippen LogP contribution is -2.41. The zero-order chi connectivity index (χ0) is 22.0. The summed E-state index contributed by atoms with van der Waals surface area (Å²) in [5, 5.41) is 18.9. The van der Waals surface area contributed by atoms with Crippen LogP contribution in [0.2, 0.25) is 0 Å². The number of H-pyrrole nitrogens is 1. The average Bonchev–Trinajstić information content (AvgIpc) is 3.35. The largest absolute Gasteiger partial charge is 0.454 e. The molecule has 12 heteroatoms. The van der Waals surface area contributed by atoms with Crippen molar-refractivity contribution in [1.29, 1.82) is 0 Å². The molecule has 30 heavy (non-hydrogen) atoms. The number of nitrogens with one attached hydrogen (secondary N) is 2. The van der Waals surface area contributed by atoms with Gasteiger partial charge in [-0.2, -0.15) is 5.10 Å². The molecule has 0 aliphatic heterocycles. The Bertz CT molecular complexity index is 1170. The van der Waals surface area contributed by atoms with Gasteiger partial charge >= 0.3 is 11.7 Å². The van der Waals surface area contributed by atoms with Gasteiger partial charge in [0.25, 0.3) is 5.56 Å². The highest BCUT2D eigenvalue weighted by atomic mass is 16.5. The Hall–Kier alpha value is -3.25. The standard InChI is InChI=1S/C18H25N7O5/c1-10-5-13(22-21-10)17(28)30-12(6-19-11(2)8-26)7-25-9-20-15-14(25)16(27)24(4)18(29)23(15)3/h5,9,11-12,19,26H,6-8H2,1-4H3,(H,21,22). The van der Waals surface area contributed by atoms with E-state index in [1.54, 1.807) is 24.5 Å². The summed E-state index contributed by atoms with van der Waals surface area (Å²) < 4.78 is 9.44. The minimum Gasteiger partial charge on any atom is -0.454 e. The van der Waals surface area contributed by atoms with Crippen molar-refractivity contribution < 1.29 is 14.6 Å². The van der Waals surface area contributed by atoms with Gasteiger partial charge in [0.1, 0.15) is 6.10 Å². The molecule has 0 fully saturated rings. The maximum absolute atomic E-state index is 12.6. The highest BCUT2D eigenvalue weighted by Crippen LogP contribution is 2.10. The number of carbonyl (C=O) groups is 1. The van der Waals surface area contributed by atoms with Gasteiger partial charge in [0.15, 0.2) is 16.9 Å². The van der Waals surface area contributed by atoms with Crippen LogP contribution in [0.5, 0.6) is 0 Å². The third-order valence-electron chi connectivity index (χ3n) is 4.77. The second kappa shape index (κ2) is 8.63. The number of carbonyl (C=O) groups excluding carboxylic acids is 1. The zero-order valence-electron chi connectivity index (χ0n) is 17.2. The SMILES string of the molecule is Cc1cc(C(=O)OC(CNC(C)CO)Cn2cnc3c2c(=O)n(C)c(=O)n3C)n[nH]1. The summed E-state index contributed by atoms with van der Waals surface area (Å²) in [7, 11) is 2.92. The van der Waals surface area contributed by atoms with Crippen LogP contribution in [0, 0.1) is 6.92 Å². The number of hydrogen-bond donors (Lipinski definition) is 3. The van der Waals surface area contributed by atoms with Crippen LogP contribution in [-0.2, 0) is 25.4 Å². The number of nitrogens with zero attached hydrogens (tertiary/aromatic N) is 5. The number of aromatic nitrogens is 6. The first-order chi connectivity index (χ1) is 14.2. The number of hydrogen-bond acceptors (Lipinski definition) is 8. The third-order valence-corrected chi connectivity index (χ3v) is 4.77. The molecule has 0 saturated heterocycles. The van der Waals surface area contributed by atoms with Crippen LogP contribution in [0.25, 0.3) is 11.2 Å². The molecule has 12 nitrogen and oxygen atoms in total. The minimum absolute atomic E-state index is 0.0874. The minimum atomic E-state index is -0.692. The molecule has 3 aromatic rings. The van der Waals surface area contributed by atoms with Gasteiger partial charge in [0, 0.05) is 32.4 Å². The normalized spacial score (nSPS) is 13.5. The third kappa shape index (κ3) is 4.19. The maximum atomic E-state index is 12.6. The maximum Gasteiger partial charge on any atom is 0.359 e. The quantitative estimate of drug-likeness (QED) is 0.380. The van der Waals surface area contributed by atoms with Crippen molar-refractivity contribution in [2.75, 3.05) is 13.2 Å². The van der Waals surface area contributed by atoms with Crippen LogP contribution in [0.4, 0.5) is 0 Å². The fraction of sp³-hybridized carbons (Fsp3) is 0.500. The number of aryl methyl sites for hydroxylation is 2. The first kappa shape index (κ1) is 21.5. The van der Waals surface area contributed by atoms with Crippen molar-refractivity contribution in [2.45, 2.75) is 32.5 Å². The van der Waals surface area contributed by atoms with Crippen LogP contribution in [0.1, 0.15) is 23.1 Å². The van der Waals surface area contributed by atoms with E-state index in [1.807, 2.05) is 0 Å². The molecule has 3 rings (SSSR count). The number of imidazole rings is 1. The Kier molecular flexibility index (Phi) is 6.17. The smallest absolute Gasteiger partial charge is 0.359 e. The highest BCUT2D eigenvalue weighted by Gasteiger charge is 2.22. The van der Waals surface area contributed by atoms with Crippen molar-refractivity contribution >= 4 is 17.1 Å². The van der Waals surface area contributed by atoms with Crippen molar-refractivity contribution in [3.63, 3.8) is 0 Å². The van der Waals surface area contributed by atoms with E-state index in [0.717, 1.165) is 10.3 Å². The molecule has 162 valence electrons. The molecule has 0 aliphatic rings. The van der Waals surface area contributed by atoms with E-state index >= 15 is 0 Å². The van der Waals surface area contributed by atoms with Gasteiger partial charge in [-0.05, 0) is 19.9 Å². The molecule has 0 bridgehead atoms. The lowest BCUT2D eigenvalue weighted by molar-refractivity contribution is 0.0248. The summed E-state index contributed by atoms with van der Waals surface area (Å²) >= 11 is 0. The monoisotopic (exact) mass is 419 g/mol. The van der Waals surface area contributed by atoms with Gasteiger partial charge in [0.05, 0.1) is 19.5 Å². The number of fused-ring (bicyclic) bond motifs is 1. The van der Waals surface area contributed by atoms with Crippen molar-refractivity contribution in [3.8, 4) is 0 Å². The molecule has 0 aliphatic carbocycles. The second-order valence-electron chi connectivity index (χ2n) is 7.23. The summed E-state index contributed by atoms with van der Waals surface area (Å²) in [6.07, 6.45) is 0.739. The van der Waals surface area contributed by atoms with Gasteiger partial charge in [-0.3, -0.25) is 19.0 Å². The number of ether oxygens (including phenoxy) is 1. The van der Waals surface area contributed by atoms with Crippen LogP contribution < -0.4 is 16.6 Å². The van der Waals surface area contributed by atoms with E-state index in [-0.39, 0.29) is 42.6 Å². The van der Waals surface area contributed by atoms with E-state index in [0.29, 0.717) is 0 Å². The van der Waals surface area contributed by atoms with E-state index in [1.165, 1.54) is 25.0 Å². The zero-order valence-corrected chi connectivity index (χ0v) is 17.2. The molecular formula is C18H25N7O5. The van der Waals surface area contributed by atoms with E-state index < -0.39 is 23.3 Å². The molecule has 3 heterocycles. The summed E-state index contributed by atoms with van der Waals surface area (Å²) in [6, 6.07) is 1.36. The highest BCUT2D eigenvalue weighted by molar-refractivity contribution is 5.87. The predicted molar refractivity (Wildman–Crippen MR) is 107 cm³/mol. The Balaban J connectivity index is 1.91. The first-order valence-corrected chi connectivity index (χ1v) is 9.41. The summed E-state index contributed by atoms with van der Waals surface area (Å²) in [4.78, 5) is 41.4. The molecular weight excluding hydrogens is 394 g/mol. The van der Waals surface area contributed by atoms with Gasteiger partial charge < -0.3 is 19.7 Å². The van der Waals surface area contributed by atoms with Crippen molar-refractivity contribution in [3.05, 3.63) is 44.6 Å². The molecule has 0 aromatic carbocycles. The number of aromatic amines is 1. The molecule has 0 saturated carbocycles. The molecule has 0 amide bonds. The number of aliphatic hydroxyl groups excluding tert-OH is 1. The Morgan fingerprint density at radius 3 is 2.70 bits per heavy atom. The Morgan fingerprint density at radius 1 is 1.33 bits per heavy atom. The van der Waals surface area contributed by atoms with Gasteiger partial charge in [-0.15, -0.1) is 0 Å². The first-order valence-electron chi connectivity index (χ1n) is 9.41. The predicted octanol–water partition coefficient (Wildman–Crippen LogP) is -1.34. The fourth-order valence-electron chi connectivity index (χ4n) is 3.03. The number of aliphatic hydroxyl groups is 1. The Labute approximate surface area is 171 Å². The van der Waals surface area contributed by atoms with E-state index in [2.05, 4.69) is 20.5 Å². The van der Waals surface area contributed by atoms with Gasteiger partial charge in [-0.1, -0.05) is 0 Å².